The quantitative estimate of drug-likeness (QED) is 0.855. The maximum Gasteiger partial charge on any atom is 0.243 e. The third-order valence-electron chi connectivity index (χ3n) is 3.97. The molecule has 3 rings (SSSR count). The third kappa shape index (κ3) is 2.60. The molecule has 0 aliphatic carbocycles. The Hall–Kier alpha value is -1.57. The molecule has 0 amide bonds. The molecular formula is C15H18FN3O2S. The highest BCUT2D eigenvalue weighted by atomic mass is 32.2. The zero-order valence-corrected chi connectivity index (χ0v) is 13.1. The van der Waals surface area contributed by atoms with Crippen LogP contribution in [0.1, 0.15) is 13.3 Å². The van der Waals surface area contributed by atoms with Crippen molar-refractivity contribution in [2.75, 3.05) is 19.6 Å². The Morgan fingerprint density at radius 1 is 1.32 bits per heavy atom. The van der Waals surface area contributed by atoms with Crippen LogP contribution < -0.4 is 5.32 Å². The van der Waals surface area contributed by atoms with Crippen LogP contribution in [0.2, 0.25) is 0 Å². The SMILES string of the molecule is C[C@H]1CNCCCN1S(=O)(=O)c1cccc2c(F)nccc12. The molecule has 0 radical (unpaired) electrons. The zero-order chi connectivity index (χ0) is 15.7. The van der Waals surface area contributed by atoms with E-state index in [0.717, 1.165) is 13.0 Å². The van der Waals surface area contributed by atoms with Gasteiger partial charge in [0, 0.05) is 36.1 Å². The Morgan fingerprint density at radius 2 is 2.14 bits per heavy atom. The monoisotopic (exact) mass is 323 g/mol. The van der Waals surface area contributed by atoms with Crippen molar-refractivity contribution in [2.24, 2.45) is 0 Å². The van der Waals surface area contributed by atoms with Gasteiger partial charge in [0.1, 0.15) is 0 Å². The number of rotatable bonds is 2. The van der Waals surface area contributed by atoms with Gasteiger partial charge in [-0.2, -0.15) is 8.70 Å². The molecule has 1 aromatic carbocycles. The van der Waals surface area contributed by atoms with Crippen molar-refractivity contribution in [3.8, 4) is 0 Å². The minimum absolute atomic E-state index is 0.139. The zero-order valence-electron chi connectivity index (χ0n) is 12.3. The summed E-state index contributed by atoms with van der Waals surface area (Å²) < 4.78 is 41.4. The van der Waals surface area contributed by atoms with Gasteiger partial charge in [-0.1, -0.05) is 6.07 Å². The van der Waals surface area contributed by atoms with Gasteiger partial charge in [-0.25, -0.2) is 13.4 Å². The Kier molecular flexibility index (Phi) is 4.12. The highest BCUT2D eigenvalue weighted by Crippen LogP contribution is 2.28. The predicted molar refractivity (Wildman–Crippen MR) is 82.5 cm³/mol. The van der Waals surface area contributed by atoms with Gasteiger partial charge in [0.25, 0.3) is 0 Å². The van der Waals surface area contributed by atoms with Crippen molar-refractivity contribution >= 4 is 20.8 Å². The molecule has 22 heavy (non-hydrogen) atoms. The largest absolute Gasteiger partial charge is 0.315 e. The molecule has 1 atom stereocenters. The van der Waals surface area contributed by atoms with E-state index in [4.69, 9.17) is 0 Å². The molecule has 1 aliphatic rings. The van der Waals surface area contributed by atoms with E-state index in [2.05, 4.69) is 10.3 Å². The fourth-order valence-electron chi connectivity index (χ4n) is 2.84. The van der Waals surface area contributed by atoms with E-state index in [-0.39, 0.29) is 16.3 Å². The van der Waals surface area contributed by atoms with E-state index < -0.39 is 16.0 Å². The summed E-state index contributed by atoms with van der Waals surface area (Å²) in [4.78, 5) is 3.73. The summed E-state index contributed by atoms with van der Waals surface area (Å²) in [6.45, 7) is 3.74. The summed E-state index contributed by atoms with van der Waals surface area (Å²) in [6, 6.07) is 6.04. The molecule has 118 valence electrons. The first-order valence-electron chi connectivity index (χ1n) is 7.27. The van der Waals surface area contributed by atoms with Crippen LogP contribution in [-0.4, -0.2) is 43.4 Å². The van der Waals surface area contributed by atoms with E-state index in [1.165, 1.54) is 16.6 Å². The average Bonchev–Trinajstić information content (AvgIpc) is 2.72. The number of aromatic nitrogens is 1. The van der Waals surface area contributed by atoms with Crippen LogP contribution in [-0.2, 0) is 10.0 Å². The Bertz CT molecular complexity index is 794. The van der Waals surface area contributed by atoms with E-state index in [1.54, 1.807) is 18.2 Å². The van der Waals surface area contributed by atoms with Crippen LogP contribution in [0.4, 0.5) is 4.39 Å². The number of sulfonamides is 1. The molecule has 5 nitrogen and oxygen atoms in total. The third-order valence-corrected chi connectivity index (χ3v) is 6.04. The lowest BCUT2D eigenvalue weighted by molar-refractivity contribution is 0.354. The first kappa shape index (κ1) is 15.3. The molecule has 2 heterocycles. The first-order chi connectivity index (χ1) is 10.5. The fraction of sp³-hybridized carbons (Fsp3) is 0.400. The van der Waals surface area contributed by atoms with Crippen molar-refractivity contribution in [3.63, 3.8) is 0 Å². The molecular weight excluding hydrogens is 305 g/mol. The Balaban J connectivity index is 2.15. The number of halogens is 1. The molecule has 1 fully saturated rings. The molecule has 7 heteroatoms. The van der Waals surface area contributed by atoms with Gasteiger partial charge in [-0.3, -0.25) is 0 Å². The van der Waals surface area contributed by atoms with E-state index in [9.17, 15) is 12.8 Å². The number of benzene rings is 1. The van der Waals surface area contributed by atoms with E-state index >= 15 is 0 Å². The lowest BCUT2D eigenvalue weighted by Gasteiger charge is -2.26. The summed E-state index contributed by atoms with van der Waals surface area (Å²) in [5.41, 5.74) is 0. The van der Waals surface area contributed by atoms with Crippen molar-refractivity contribution in [1.29, 1.82) is 0 Å². The summed E-state index contributed by atoms with van der Waals surface area (Å²) in [5, 5.41) is 3.82. The number of fused-ring (bicyclic) bond motifs is 1. The van der Waals surface area contributed by atoms with Crippen LogP contribution in [0.25, 0.3) is 10.8 Å². The second kappa shape index (κ2) is 5.91. The Labute approximate surface area is 129 Å². The van der Waals surface area contributed by atoms with Gasteiger partial charge in [0.2, 0.25) is 16.0 Å². The number of hydrogen-bond acceptors (Lipinski definition) is 4. The molecule has 1 aliphatic heterocycles. The minimum atomic E-state index is -3.68. The second-order valence-corrected chi connectivity index (χ2v) is 7.33. The van der Waals surface area contributed by atoms with Crippen LogP contribution >= 0.6 is 0 Å². The predicted octanol–water partition coefficient (Wildman–Crippen LogP) is 1.75. The summed E-state index contributed by atoms with van der Waals surface area (Å²) in [5.74, 6) is -0.653. The van der Waals surface area contributed by atoms with Gasteiger partial charge in [-0.05, 0) is 38.1 Å². The van der Waals surface area contributed by atoms with Gasteiger partial charge in [0.15, 0.2) is 0 Å². The highest BCUT2D eigenvalue weighted by Gasteiger charge is 2.31. The van der Waals surface area contributed by atoms with Crippen molar-refractivity contribution in [1.82, 2.24) is 14.6 Å². The first-order valence-corrected chi connectivity index (χ1v) is 8.71. The lowest BCUT2D eigenvalue weighted by Crippen LogP contribution is -2.41. The summed E-state index contributed by atoms with van der Waals surface area (Å²) >= 11 is 0. The highest BCUT2D eigenvalue weighted by molar-refractivity contribution is 7.89. The van der Waals surface area contributed by atoms with Crippen LogP contribution in [0.15, 0.2) is 35.4 Å². The molecule has 0 unspecified atom stereocenters. The summed E-state index contributed by atoms with van der Waals surface area (Å²) in [7, 11) is -3.68. The summed E-state index contributed by atoms with van der Waals surface area (Å²) in [6.07, 6.45) is 2.05. The van der Waals surface area contributed by atoms with E-state index in [1.807, 2.05) is 6.92 Å². The topological polar surface area (TPSA) is 62.3 Å². The van der Waals surface area contributed by atoms with Crippen LogP contribution in [0.5, 0.6) is 0 Å². The van der Waals surface area contributed by atoms with Gasteiger partial charge in [0.05, 0.1) is 4.90 Å². The van der Waals surface area contributed by atoms with Gasteiger partial charge < -0.3 is 5.32 Å². The molecule has 2 aromatic rings. The van der Waals surface area contributed by atoms with Crippen molar-refractivity contribution < 1.29 is 12.8 Å². The number of nitrogens with one attached hydrogen (secondary N) is 1. The lowest BCUT2D eigenvalue weighted by atomic mass is 10.2. The van der Waals surface area contributed by atoms with Crippen LogP contribution in [0, 0.1) is 5.95 Å². The minimum Gasteiger partial charge on any atom is -0.315 e. The second-order valence-electron chi connectivity index (χ2n) is 5.48. The number of pyridine rings is 1. The van der Waals surface area contributed by atoms with Gasteiger partial charge >= 0.3 is 0 Å². The fourth-order valence-corrected chi connectivity index (χ4v) is 4.72. The Morgan fingerprint density at radius 3 is 2.95 bits per heavy atom. The maximum atomic E-state index is 13.8. The maximum absolute atomic E-state index is 13.8. The molecule has 0 saturated carbocycles. The molecule has 1 aromatic heterocycles. The number of hydrogen-bond donors (Lipinski definition) is 1. The van der Waals surface area contributed by atoms with Crippen LogP contribution in [0.3, 0.4) is 0 Å². The normalized spacial score (nSPS) is 20.9. The van der Waals surface area contributed by atoms with Crippen molar-refractivity contribution in [3.05, 3.63) is 36.4 Å². The molecule has 1 N–H and O–H groups in total. The molecule has 0 spiro atoms. The number of nitrogens with zero attached hydrogens (tertiary/aromatic N) is 2. The van der Waals surface area contributed by atoms with Gasteiger partial charge in [-0.15, -0.1) is 0 Å². The molecule has 0 bridgehead atoms. The van der Waals surface area contributed by atoms with E-state index in [0.29, 0.717) is 18.5 Å². The smallest absolute Gasteiger partial charge is 0.243 e. The molecule has 1 saturated heterocycles. The van der Waals surface area contributed by atoms with Crippen molar-refractivity contribution in [2.45, 2.75) is 24.3 Å². The average molecular weight is 323 g/mol. The standard InChI is InChI=1S/C15H18FN3O2S/c1-11-10-17-7-3-9-19(11)22(20,21)14-5-2-4-13-12(14)6-8-18-15(13)16/h2,4-6,8,11,17H,3,7,9-10H2,1H3/t11-/m0/s1.